The van der Waals surface area contributed by atoms with Crippen molar-refractivity contribution in [2.24, 2.45) is 0 Å². The molecule has 0 fully saturated rings. The molecule has 0 amide bonds. The van der Waals surface area contributed by atoms with Crippen LogP contribution in [0.4, 0.5) is 0 Å². The summed E-state index contributed by atoms with van der Waals surface area (Å²) in [6.07, 6.45) is 1.28. The molecule has 124 valence electrons. The normalized spacial score (nSPS) is 12.3. The lowest BCUT2D eigenvalue weighted by Gasteiger charge is -2.11. The maximum atomic E-state index is 12.5. The fourth-order valence-electron chi connectivity index (χ4n) is 2.27. The van der Waals surface area contributed by atoms with Gasteiger partial charge in [0.1, 0.15) is 12.4 Å². The number of rotatable bonds is 3. The molecule has 0 aliphatic rings. The molecule has 0 aliphatic heterocycles. The SMILES string of the molecule is COC(=O)[C@H](C)n1cnc2c(nnn2-c2ccc(C)c(Cl)c2)c1=O. The second kappa shape index (κ2) is 6.04. The first-order chi connectivity index (χ1) is 11.4. The van der Waals surface area contributed by atoms with E-state index >= 15 is 0 Å². The number of carbonyl (C=O) groups is 1. The molecule has 1 aromatic carbocycles. The Bertz CT molecular complexity index is 994. The Morgan fingerprint density at radius 2 is 2.12 bits per heavy atom. The van der Waals surface area contributed by atoms with Crippen LogP contribution in [0.25, 0.3) is 16.9 Å². The Morgan fingerprint density at radius 1 is 1.38 bits per heavy atom. The molecule has 0 N–H and O–H groups in total. The quantitative estimate of drug-likeness (QED) is 0.669. The van der Waals surface area contributed by atoms with Crippen molar-refractivity contribution >= 4 is 28.7 Å². The van der Waals surface area contributed by atoms with Crippen molar-refractivity contribution in [1.29, 1.82) is 0 Å². The van der Waals surface area contributed by atoms with Gasteiger partial charge in [0.2, 0.25) is 0 Å². The van der Waals surface area contributed by atoms with Gasteiger partial charge >= 0.3 is 5.97 Å². The van der Waals surface area contributed by atoms with E-state index in [9.17, 15) is 9.59 Å². The van der Waals surface area contributed by atoms with Gasteiger partial charge in [-0.25, -0.2) is 9.78 Å². The van der Waals surface area contributed by atoms with E-state index in [4.69, 9.17) is 11.6 Å². The molecule has 2 heterocycles. The predicted molar refractivity (Wildman–Crippen MR) is 87.4 cm³/mol. The second-order valence-electron chi connectivity index (χ2n) is 5.26. The van der Waals surface area contributed by atoms with Crippen molar-refractivity contribution in [3.8, 4) is 5.69 Å². The van der Waals surface area contributed by atoms with Gasteiger partial charge in [0, 0.05) is 5.02 Å². The minimum atomic E-state index is -0.807. The van der Waals surface area contributed by atoms with Crippen molar-refractivity contribution in [3.63, 3.8) is 0 Å². The summed E-state index contributed by atoms with van der Waals surface area (Å²) < 4.78 is 7.24. The van der Waals surface area contributed by atoms with E-state index < -0.39 is 17.6 Å². The van der Waals surface area contributed by atoms with E-state index in [-0.39, 0.29) is 11.2 Å². The number of hydrogen-bond donors (Lipinski definition) is 0. The molecule has 1 atom stereocenters. The van der Waals surface area contributed by atoms with E-state index in [1.54, 1.807) is 19.1 Å². The molecule has 0 saturated heterocycles. The average Bonchev–Trinajstić information content (AvgIpc) is 3.01. The summed E-state index contributed by atoms with van der Waals surface area (Å²) in [6, 6.07) is 4.55. The summed E-state index contributed by atoms with van der Waals surface area (Å²) in [5, 5.41) is 8.45. The van der Waals surface area contributed by atoms with E-state index in [0.717, 1.165) is 10.1 Å². The van der Waals surface area contributed by atoms with Crippen molar-refractivity contribution in [3.05, 3.63) is 45.5 Å². The summed E-state index contributed by atoms with van der Waals surface area (Å²) in [7, 11) is 1.26. The Hall–Kier alpha value is -2.74. The molecular formula is C15H14ClN5O3. The third kappa shape index (κ3) is 2.54. The zero-order valence-electron chi connectivity index (χ0n) is 13.2. The largest absolute Gasteiger partial charge is 0.467 e. The summed E-state index contributed by atoms with van der Waals surface area (Å²) >= 11 is 6.13. The number of hydrogen-bond acceptors (Lipinski definition) is 6. The predicted octanol–water partition coefficient (Wildman–Crippen LogP) is 1.67. The van der Waals surface area contributed by atoms with Crippen LogP contribution in [0.2, 0.25) is 5.02 Å². The van der Waals surface area contributed by atoms with Crippen LogP contribution in [-0.4, -0.2) is 37.6 Å². The number of fused-ring (bicyclic) bond motifs is 1. The first-order valence-electron chi connectivity index (χ1n) is 7.11. The minimum absolute atomic E-state index is 0.0601. The molecule has 3 aromatic rings. The highest BCUT2D eigenvalue weighted by atomic mass is 35.5. The molecular weight excluding hydrogens is 334 g/mol. The van der Waals surface area contributed by atoms with Crippen molar-refractivity contribution in [1.82, 2.24) is 24.5 Å². The van der Waals surface area contributed by atoms with Gasteiger partial charge in [0.25, 0.3) is 5.56 Å². The lowest BCUT2D eigenvalue weighted by Crippen LogP contribution is -2.29. The number of halogens is 1. The molecule has 8 nitrogen and oxygen atoms in total. The Labute approximate surface area is 141 Å². The first kappa shape index (κ1) is 16.1. The number of aryl methyl sites for hydroxylation is 1. The number of benzene rings is 1. The fourth-order valence-corrected chi connectivity index (χ4v) is 2.44. The highest BCUT2D eigenvalue weighted by Crippen LogP contribution is 2.20. The van der Waals surface area contributed by atoms with Crippen LogP contribution in [0.3, 0.4) is 0 Å². The van der Waals surface area contributed by atoms with E-state index in [1.807, 2.05) is 13.0 Å². The Morgan fingerprint density at radius 3 is 2.79 bits per heavy atom. The van der Waals surface area contributed by atoms with Crippen LogP contribution >= 0.6 is 11.6 Å². The maximum absolute atomic E-state index is 12.5. The first-order valence-corrected chi connectivity index (χ1v) is 7.48. The van der Waals surface area contributed by atoms with Gasteiger partial charge in [0.15, 0.2) is 11.2 Å². The van der Waals surface area contributed by atoms with E-state index in [2.05, 4.69) is 20.0 Å². The van der Waals surface area contributed by atoms with Gasteiger partial charge in [-0.15, -0.1) is 5.10 Å². The van der Waals surface area contributed by atoms with E-state index in [1.165, 1.54) is 18.1 Å². The highest BCUT2D eigenvalue weighted by molar-refractivity contribution is 6.31. The van der Waals surface area contributed by atoms with Crippen molar-refractivity contribution in [2.45, 2.75) is 19.9 Å². The number of nitrogens with zero attached hydrogens (tertiary/aromatic N) is 5. The summed E-state index contributed by atoms with van der Waals surface area (Å²) in [6.45, 7) is 3.43. The lowest BCUT2D eigenvalue weighted by molar-refractivity contribution is -0.144. The molecule has 0 saturated carbocycles. The summed E-state index contributed by atoms with van der Waals surface area (Å²) in [5.74, 6) is -0.545. The molecule has 3 rings (SSSR count). The molecule has 2 aromatic heterocycles. The topological polar surface area (TPSA) is 91.9 Å². The van der Waals surface area contributed by atoms with Gasteiger partial charge in [-0.3, -0.25) is 9.36 Å². The summed E-state index contributed by atoms with van der Waals surface area (Å²) in [4.78, 5) is 28.4. The zero-order valence-corrected chi connectivity index (χ0v) is 14.0. The molecule has 0 spiro atoms. The van der Waals surface area contributed by atoms with Crippen LogP contribution in [0.5, 0.6) is 0 Å². The van der Waals surface area contributed by atoms with Gasteiger partial charge in [-0.05, 0) is 31.5 Å². The van der Waals surface area contributed by atoms with Crippen LogP contribution in [-0.2, 0) is 9.53 Å². The Kier molecular flexibility index (Phi) is 4.06. The van der Waals surface area contributed by atoms with Crippen molar-refractivity contribution < 1.29 is 9.53 Å². The van der Waals surface area contributed by atoms with E-state index in [0.29, 0.717) is 10.7 Å². The van der Waals surface area contributed by atoms with Crippen LogP contribution < -0.4 is 5.56 Å². The van der Waals surface area contributed by atoms with Gasteiger partial charge in [-0.2, -0.15) is 4.68 Å². The lowest BCUT2D eigenvalue weighted by atomic mass is 10.2. The maximum Gasteiger partial charge on any atom is 0.328 e. The monoisotopic (exact) mass is 347 g/mol. The molecule has 0 unspecified atom stereocenters. The Balaban J connectivity index is 2.15. The third-order valence-electron chi connectivity index (χ3n) is 3.75. The zero-order chi connectivity index (χ0) is 17.4. The minimum Gasteiger partial charge on any atom is -0.467 e. The molecule has 0 aliphatic carbocycles. The number of esters is 1. The average molecular weight is 348 g/mol. The van der Waals surface area contributed by atoms with Crippen LogP contribution in [0.1, 0.15) is 18.5 Å². The van der Waals surface area contributed by atoms with Gasteiger partial charge in [0.05, 0.1) is 12.8 Å². The number of carbonyl (C=O) groups excluding carboxylic acids is 1. The second-order valence-corrected chi connectivity index (χ2v) is 5.67. The molecule has 9 heteroatoms. The summed E-state index contributed by atoms with van der Waals surface area (Å²) in [5.41, 5.74) is 1.44. The molecule has 24 heavy (non-hydrogen) atoms. The molecule has 0 bridgehead atoms. The van der Waals surface area contributed by atoms with Crippen molar-refractivity contribution in [2.75, 3.05) is 7.11 Å². The number of aromatic nitrogens is 5. The van der Waals surface area contributed by atoms with Crippen LogP contribution in [0, 0.1) is 6.92 Å². The standard InChI is InChI=1S/C15H14ClN5O3/c1-8-4-5-10(6-11(8)16)21-13-12(18-19-21)14(22)20(7-17-13)9(2)15(23)24-3/h4-7,9H,1-3H3/t9-/m0/s1. The van der Waals surface area contributed by atoms with Gasteiger partial charge < -0.3 is 4.74 Å². The fraction of sp³-hybridized carbons (Fsp3) is 0.267. The third-order valence-corrected chi connectivity index (χ3v) is 4.15. The number of methoxy groups -OCH3 is 1. The molecule has 0 radical (unpaired) electrons. The number of ether oxygens (including phenoxy) is 1. The highest BCUT2D eigenvalue weighted by Gasteiger charge is 2.20. The smallest absolute Gasteiger partial charge is 0.328 e. The van der Waals surface area contributed by atoms with Crippen LogP contribution in [0.15, 0.2) is 29.3 Å². The van der Waals surface area contributed by atoms with Gasteiger partial charge in [-0.1, -0.05) is 22.9 Å².